The Labute approximate surface area is 137 Å². The molecule has 0 atom stereocenters. The lowest BCUT2D eigenvalue weighted by Crippen LogP contribution is -2.02. The first-order valence-electron chi connectivity index (χ1n) is 7.51. The number of hydrogen-bond acceptors (Lipinski definition) is 5. The number of rotatable bonds is 5. The van der Waals surface area contributed by atoms with Crippen LogP contribution in [0.15, 0.2) is 42.5 Å². The van der Waals surface area contributed by atoms with E-state index in [0.29, 0.717) is 6.61 Å². The van der Waals surface area contributed by atoms with E-state index in [2.05, 4.69) is 57.8 Å². The summed E-state index contributed by atoms with van der Waals surface area (Å²) in [6.07, 6.45) is 1.52. The van der Waals surface area contributed by atoms with Crippen LogP contribution in [0, 0.1) is 0 Å². The summed E-state index contributed by atoms with van der Waals surface area (Å²) in [6.45, 7) is 0.622. The van der Waals surface area contributed by atoms with Crippen molar-refractivity contribution < 1.29 is 4.74 Å². The van der Waals surface area contributed by atoms with Crippen LogP contribution in [0.2, 0.25) is 0 Å². The molecule has 23 heavy (non-hydrogen) atoms. The topological polar surface area (TPSA) is 52.3 Å². The van der Waals surface area contributed by atoms with Gasteiger partial charge in [0.25, 0.3) is 0 Å². The Kier molecular flexibility index (Phi) is 3.77. The number of ether oxygens (including phenoxy) is 1. The highest BCUT2D eigenvalue weighted by molar-refractivity contribution is 7.16. The van der Waals surface area contributed by atoms with Crippen LogP contribution >= 0.6 is 11.3 Å². The molecule has 0 aliphatic heterocycles. The van der Waals surface area contributed by atoms with Crippen molar-refractivity contribution in [2.45, 2.75) is 12.8 Å². The normalized spacial score (nSPS) is 11.5. The smallest absolute Gasteiger partial charge is 0.234 e. The third-order valence-electron chi connectivity index (χ3n) is 3.85. The molecule has 0 saturated carbocycles. The zero-order chi connectivity index (χ0) is 15.6. The number of nitrogens with zero attached hydrogens (tertiary/aromatic N) is 4. The summed E-state index contributed by atoms with van der Waals surface area (Å²) in [4.78, 5) is 0.839. The molecule has 0 N–H and O–H groups in total. The zero-order valence-electron chi connectivity index (χ0n) is 12.8. The molecule has 0 aliphatic carbocycles. The second-order valence-corrected chi connectivity index (χ2v) is 6.40. The molecule has 0 amide bonds. The van der Waals surface area contributed by atoms with Gasteiger partial charge in [0.1, 0.15) is 5.01 Å². The van der Waals surface area contributed by atoms with E-state index >= 15 is 0 Å². The third-order valence-corrected chi connectivity index (χ3v) is 4.75. The monoisotopic (exact) mass is 324 g/mol. The molecular formula is C17H16N4OS. The highest BCUT2D eigenvalue weighted by Crippen LogP contribution is 2.23. The molecule has 4 aromatic rings. The van der Waals surface area contributed by atoms with Crippen molar-refractivity contribution in [2.24, 2.45) is 0 Å². The summed E-state index contributed by atoms with van der Waals surface area (Å²) < 4.78 is 6.95. The van der Waals surface area contributed by atoms with Crippen LogP contribution in [-0.4, -0.2) is 33.5 Å². The van der Waals surface area contributed by atoms with Crippen molar-refractivity contribution in [3.63, 3.8) is 0 Å². The number of methoxy groups -OCH3 is 1. The van der Waals surface area contributed by atoms with E-state index in [1.165, 1.54) is 16.3 Å². The molecule has 5 nitrogen and oxygen atoms in total. The van der Waals surface area contributed by atoms with Crippen LogP contribution < -0.4 is 0 Å². The summed E-state index contributed by atoms with van der Waals surface area (Å²) in [7, 11) is 1.69. The summed E-state index contributed by atoms with van der Waals surface area (Å²) in [5, 5.41) is 16.6. The van der Waals surface area contributed by atoms with Crippen LogP contribution in [0.1, 0.15) is 16.4 Å². The minimum atomic E-state index is 0.622. The molecule has 0 unspecified atom stereocenters. The van der Waals surface area contributed by atoms with Crippen molar-refractivity contribution in [1.29, 1.82) is 0 Å². The van der Waals surface area contributed by atoms with Gasteiger partial charge >= 0.3 is 0 Å². The van der Waals surface area contributed by atoms with E-state index in [0.717, 1.165) is 28.6 Å². The molecule has 0 saturated heterocycles. The Morgan fingerprint density at radius 3 is 2.87 bits per heavy atom. The van der Waals surface area contributed by atoms with Crippen LogP contribution in [0.4, 0.5) is 0 Å². The summed E-state index contributed by atoms with van der Waals surface area (Å²) in [5.41, 5.74) is 1.28. The largest absolute Gasteiger partial charge is 0.384 e. The Hall–Kier alpha value is -2.31. The lowest BCUT2D eigenvalue weighted by molar-refractivity contribution is 0.200. The van der Waals surface area contributed by atoms with Gasteiger partial charge in [0, 0.05) is 20.0 Å². The lowest BCUT2D eigenvalue weighted by Gasteiger charge is -2.04. The molecule has 0 bridgehead atoms. The zero-order valence-corrected chi connectivity index (χ0v) is 13.6. The second kappa shape index (κ2) is 6.06. The highest BCUT2D eigenvalue weighted by atomic mass is 32.1. The van der Waals surface area contributed by atoms with Gasteiger partial charge in [0.05, 0.1) is 6.61 Å². The first kappa shape index (κ1) is 14.3. The van der Waals surface area contributed by atoms with Gasteiger partial charge in [-0.05, 0) is 16.3 Å². The fraction of sp³-hybridized carbons (Fsp3) is 0.235. The maximum atomic E-state index is 5.11. The predicted octanol–water partition coefficient (Wildman–Crippen LogP) is 3.12. The molecule has 0 radical (unpaired) electrons. The van der Waals surface area contributed by atoms with Crippen molar-refractivity contribution in [1.82, 2.24) is 19.8 Å². The lowest BCUT2D eigenvalue weighted by atomic mass is 10.0. The fourth-order valence-corrected chi connectivity index (χ4v) is 3.60. The number of benzene rings is 2. The Balaban J connectivity index is 1.68. The van der Waals surface area contributed by atoms with Crippen LogP contribution in [0.5, 0.6) is 0 Å². The number of hydrogen-bond donors (Lipinski definition) is 0. The molecule has 4 rings (SSSR count). The summed E-state index contributed by atoms with van der Waals surface area (Å²) >= 11 is 1.59. The van der Waals surface area contributed by atoms with Crippen LogP contribution in [0.3, 0.4) is 0 Å². The molecule has 6 heteroatoms. The van der Waals surface area contributed by atoms with Crippen molar-refractivity contribution >= 4 is 27.1 Å². The average molecular weight is 324 g/mol. The van der Waals surface area contributed by atoms with E-state index in [-0.39, 0.29) is 0 Å². The maximum Gasteiger partial charge on any atom is 0.234 e. The molecule has 0 aliphatic rings. The molecule has 2 aromatic heterocycles. The van der Waals surface area contributed by atoms with E-state index in [4.69, 9.17) is 4.74 Å². The van der Waals surface area contributed by atoms with Crippen LogP contribution in [0.25, 0.3) is 15.7 Å². The Bertz CT molecular complexity index is 954. The number of fused-ring (bicyclic) bond motifs is 2. The van der Waals surface area contributed by atoms with Crippen molar-refractivity contribution in [2.75, 3.05) is 13.7 Å². The van der Waals surface area contributed by atoms with Crippen molar-refractivity contribution in [3.8, 4) is 0 Å². The van der Waals surface area contributed by atoms with E-state index in [9.17, 15) is 0 Å². The molecular weight excluding hydrogens is 308 g/mol. The average Bonchev–Trinajstić information content (AvgIpc) is 3.14. The van der Waals surface area contributed by atoms with Gasteiger partial charge in [-0.25, -0.2) is 0 Å². The molecule has 2 heterocycles. The van der Waals surface area contributed by atoms with Gasteiger partial charge in [0.2, 0.25) is 4.96 Å². The highest BCUT2D eigenvalue weighted by Gasteiger charge is 2.12. The van der Waals surface area contributed by atoms with Gasteiger partial charge in [-0.3, -0.25) is 0 Å². The molecule has 116 valence electrons. The van der Waals surface area contributed by atoms with Gasteiger partial charge in [-0.1, -0.05) is 53.8 Å². The molecule has 0 spiro atoms. The van der Waals surface area contributed by atoms with Gasteiger partial charge in [-0.2, -0.15) is 9.61 Å². The molecule has 0 fully saturated rings. The summed E-state index contributed by atoms with van der Waals surface area (Å²) in [5.74, 6) is 0.849. The SMILES string of the molecule is COCCc1nnc2sc(Cc3cccc4ccccc34)nn12. The van der Waals surface area contributed by atoms with Gasteiger partial charge in [-0.15, -0.1) is 10.2 Å². The number of aromatic nitrogens is 4. The predicted molar refractivity (Wildman–Crippen MR) is 91.0 cm³/mol. The molecule has 2 aromatic carbocycles. The van der Waals surface area contributed by atoms with E-state index < -0.39 is 0 Å². The first-order chi connectivity index (χ1) is 11.3. The van der Waals surface area contributed by atoms with E-state index in [1.54, 1.807) is 18.4 Å². The fourth-order valence-electron chi connectivity index (χ4n) is 2.73. The Morgan fingerprint density at radius 2 is 1.96 bits per heavy atom. The minimum Gasteiger partial charge on any atom is -0.384 e. The van der Waals surface area contributed by atoms with Gasteiger partial charge < -0.3 is 4.74 Å². The summed E-state index contributed by atoms with van der Waals surface area (Å²) in [6, 6.07) is 14.8. The van der Waals surface area contributed by atoms with Crippen molar-refractivity contribution in [3.05, 3.63) is 58.9 Å². The quantitative estimate of drug-likeness (QED) is 0.566. The van der Waals surface area contributed by atoms with E-state index in [1.807, 2.05) is 4.52 Å². The minimum absolute atomic E-state index is 0.622. The third kappa shape index (κ3) is 2.71. The van der Waals surface area contributed by atoms with Crippen LogP contribution in [-0.2, 0) is 17.6 Å². The standard InChI is InChI=1S/C17H16N4OS/c1-22-10-9-15-18-19-17-21(15)20-16(23-17)11-13-7-4-6-12-5-2-3-8-14(12)13/h2-8H,9-11H2,1H3. The van der Waals surface area contributed by atoms with Gasteiger partial charge in [0.15, 0.2) is 5.82 Å². The first-order valence-corrected chi connectivity index (χ1v) is 8.32. The second-order valence-electron chi connectivity index (χ2n) is 5.36. The maximum absolute atomic E-state index is 5.11. The Morgan fingerprint density at radius 1 is 1.09 bits per heavy atom.